The average molecular weight is 343 g/mol. The highest BCUT2D eigenvalue weighted by Gasteiger charge is 2.41. The number of rotatable bonds is 0. The Morgan fingerprint density at radius 1 is 1.29 bits per heavy atom. The topological polar surface area (TPSA) is 45.7 Å². The van der Waals surface area contributed by atoms with Gasteiger partial charge in [-0.15, -0.1) is 0 Å². The summed E-state index contributed by atoms with van der Waals surface area (Å²) < 4.78 is 44.2. The molecule has 1 aromatic rings. The molecule has 0 aliphatic carbocycles. The predicted octanol–water partition coefficient (Wildman–Crippen LogP) is 2.45. The van der Waals surface area contributed by atoms with Crippen molar-refractivity contribution in [2.24, 2.45) is 0 Å². The van der Waals surface area contributed by atoms with Crippen LogP contribution < -0.4 is 4.90 Å². The number of carbonyl (C=O) groups is 1. The first-order valence-corrected chi connectivity index (χ1v) is 7.78. The third-order valence-electron chi connectivity index (χ3n) is 4.41. The molecule has 2 aliphatic rings. The van der Waals surface area contributed by atoms with E-state index in [9.17, 15) is 18.0 Å². The smallest absolute Gasteiger partial charge is 0.374 e. The molecule has 1 aromatic heterocycles. The first kappa shape index (κ1) is 17.2. The van der Waals surface area contributed by atoms with Crippen molar-refractivity contribution in [2.45, 2.75) is 45.1 Å². The number of carbonyl (C=O) groups excluding carboxylic acids is 1. The minimum Gasteiger partial charge on any atom is -0.374 e. The first-order chi connectivity index (χ1) is 11.1. The summed E-state index contributed by atoms with van der Waals surface area (Å²) in [6, 6.07) is 0.768. The second-order valence-corrected chi connectivity index (χ2v) is 7.19. The van der Waals surface area contributed by atoms with Crippen LogP contribution in [0.15, 0.2) is 12.3 Å². The van der Waals surface area contributed by atoms with Gasteiger partial charge in [-0.3, -0.25) is 14.6 Å². The van der Waals surface area contributed by atoms with Crippen molar-refractivity contribution < 1.29 is 22.7 Å². The van der Waals surface area contributed by atoms with Crippen molar-refractivity contribution in [2.75, 3.05) is 24.6 Å². The molecule has 3 rings (SSSR count). The standard InChI is InChI=1S/C16H20F3N3O2/c1-15(2,3)21-6-12-9-24-8-10-4-11(16(17,18)19)5-20-14(10)22(12)13(23)7-21/h4-5,12H,6-9H2,1-3H3/t12-/m1/s1. The fraction of sp³-hybridized carbons (Fsp3) is 0.625. The molecule has 0 aromatic carbocycles. The third kappa shape index (κ3) is 3.12. The number of ether oxygens (including phenoxy) is 1. The van der Waals surface area contributed by atoms with Gasteiger partial charge in [0.25, 0.3) is 0 Å². The van der Waals surface area contributed by atoms with Crippen LogP contribution >= 0.6 is 0 Å². The van der Waals surface area contributed by atoms with E-state index in [1.54, 1.807) is 0 Å². The number of alkyl halides is 3. The van der Waals surface area contributed by atoms with E-state index in [2.05, 4.69) is 9.88 Å². The molecule has 1 fully saturated rings. The van der Waals surface area contributed by atoms with Crippen LogP contribution in [0.4, 0.5) is 19.0 Å². The number of amides is 1. The van der Waals surface area contributed by atoms with Crippen molar-refractivity contribution in [1.29, 1.82) is 0 Å². The van der Waals surface area contributed by atoms with E-state index in [1.807, 2.05) is 20.8 Å². The summed E-state index contributed by atoms with van der Waals surface area (Å²) in [5.74, 6) is 0.115. The molecule has 0 N–H and O–H groups in total. The van der Waals surface area contributed by atoms with Crippen molar-refractivity contribution in [3.63, 3.8) is 0 Å². The largest absolute Gasteiger partial charge is 0.417 e. The second kappa shape index (κ2) is 5.70. The number of nitrogens with zero attached hydrogens (tertiary/aromatic N) is 3. The monoisotopic (exact) mass is 343 g/mol. The van der Waals surface area contributed by atoms with E-state index in [0.29, 0.717) is 12.1 Å². The van der Waals surface area contributed by atoms with Crippen LogP contribution in [-0.4, -0.2) is 47.1 Å². The minimum atomic E-state index is -4.47. The van der Waals surface area contributed by atoms with E-state index < -0.39 is 11.7 Å². The molecule has 24 heavy (non-hydrogen) atoms. The summed E-state index contributed by atoms with van der Waals surface area (Å²) in [4.78, 5) is 20.2. The Kier molecular flexibility index (Phi) is 4.08. The number of pyridine rings is 1. The lowest BCUT2D eigenvalue weighted by Crippen LogP contribution is -2.62. The Balaban J connectivity index is 1.96. The van der Waals surface area contributed by atoms with Crippen LogP contribution in [0.2, 0.25) is 0 Å². The van der Waals surface area contributed by atoms with Crippen LogP contribution in [0.25, 0.3) is 0 Å². The summed E-state index contributed by atoms with van der Waals surface area (Å²) in [5, 5.41) is 0. The van der Waals surface area contributed by atoms with Crippen LogP contribution in [0.3, 0.4) is 0 Å². The van der Waals surface area contributed by atoms with Gasteiger partial charge in [0.15, 0.2) is 0 Å². The van der Waals surface area contributed by atoms with Gasteiger partial charge in [-0.25, -0.2) is 4.98 Å². The Labute approximate surface area is 138 Å². The van der Waals surface area contributed by atoms with E-state index in [4.69, 9.17) is 4.74 Å². The van der Waals surface area contributed by atoms with Gasteiger partial charge >= 0.3 is 6.18 Å². The minimum absolute atomic E-state index is 0.0159. The highest BCUT2D eigenvalue weighted by molar-refractivity contribution is 5.96. The Bertz CT molecular complexity index is 655. The lowest BCUT2D eigenvalue weighted by molar-refractivity contribution is -0.137. The summed E-state index contributed by atoms with van der Waals surface area (Å²) in [5.41, 5.74) is -0.710. The molecule has 0 spiro atoms. The maximum absolute atomic E-state index is 12.9. The van der Waals surface area contributed by atoms with Crippen LogP contribution in [-0.2, 0) is 22.3 Å². The van der Waals surface area contributed by atoms with Crippen molar-refractivity contribution in [1.82, 2.24) is 9.88 Å². The van der Waals surface area contributed by atoms with Crippen LogP contribution in [0, 0.1) is 0 Å². The molecule has 3 heterocycles. The highest BCUT2D eigenvalue weighted by Crippen LogP contribution is 2.34. The number of hydrogen-bond acceptors (Lipinski definition) is 4. The number of aromatic nitrogens is 1. The van der Waals surface area contributed by atoms with E-state index in [-0.39, 0.29) is 43.1 Å². The fourth-order valence-electron chi connectivity index (χ4n) is 3.06. The van der Waals surface area contributed by atoms with Gasteiger partial charge in [-0.05, 0) is 26.8 Å². The normalized spacial score (nSPS) is 22.8. The predicted molar refractivity (Wildman–Crippen MR) is 81.5 cm³/mol. The summed E-state index contributed by atoms with van der Waals surface area (Å²) in [7, 11) is 0. The molecule has 2 aliphatic heterocycles. The lowest BCUT2D eigenvalue weighted by Gasteiger charge is -2.45. The Hall–Kier alpha value is -1.67. The summed E-state index contributed by atoms with van der Waals surface area (Å²) in [6.07, 6.45) is -3.69. The zero-order chi connectivity index (χ0) is 17.7. The Morgan fingerprint density at radius 2 is 2.00 bits per heavy atom. The van der Waals surface area contributed by atoms with Crippen molar-refractivity contribution in [3.05, 3.63) is 23.4 Å². The highest BCUT2D eigenvalue weighted by atomic mass is 19.4. The molecule has 1 amide bonds. The molecule has 1 atom stereocenters. The van der Waals surface area contributed by atoms with Gasteiger partial charge < -0.3 is 4.74 Å². The SMILES string of the molecule is CC(C)(C)N1CC(=O)N2c3ncc(C(F)(F)F)cc3COC[C@H]2C1. The molecule has 0 saturated carbocycles. The van der Waals surface area contributed by atoms with Crippen LogP contribution in [0.1, 0.15) is 31.9 Å². The molecule has 0 unspecified atom stereocenters. The molecule has 5 nitrogen and oxygen atoms in total. The van der Waals surface area contributed by atoms with E-state index in [0.717, 1.165) is 12.3 Å². The molecule has 1 saturated heterocycles. The first-order valence-electron chi connectivity index (χ1n) is 7.78. The number of hydrogen-bond donors (Lipinski definition) is 0. The quantitative estimate of drug-likeness (QED) is 0.726. The van der Waals surface area contributed by atoms with Gasteiger partial charge in [0.05, 0.1) is 31.4 Å². The second-order valence-electron chi connectivity index (χ2n) is 7.19. The van der Waals surface area contributed by atoms with E-state index in [1.165, 1.54) is 4.90 Å². The number of anilines is 1. The third-order valence-corrected chi connectivity index (χ3v) is 4.41. The van der Waals surface area contributed by atoms with Gasteiger partial charge in [0.2, 0.25) is 5.91 Å². The molecule has 0 bridgehead atoms. The zero-order valence-corrected chi connectivity index (χ0v) is 13.9. The number of piperazine rings is 1. The molecular formula is C16H20F3N3O2. The molecule has 0 radical (unpaired) electrons. The molecule has 8 heteroatoms. The zero-order valence-electron chi connectivity index (χ0n) is 13.9. The van der Waals surface area contributed by atoms with Gasteiger partial charge in [-0.1, -0.05) is 0 Å². The number of halogens is 3. The van der Waals surface area contributed by atoms with Crippen molar-refractivity contribution in [3.8, 4) is 0 Å². The van der Waals surface area contributed by atoms with Gasteiger partial charge in [-0.2, -0.15) is 13.2 Å². The maximum Gasteiger partial charge on any atom is 0.417 e. The molecular weight excluding hydrogens is 323 g/mol. The summed E-state index contributed by atoms with van der Waals surface area (Å²) in [6.45, 7) is 7.16. The number of fused-ring (bicyclic) bond motifs is 3. The average Bonchev–Trinajstić information content (AvgIpc) is 2.63. The summed E-state index contributed by atoms with van der Waals surface area (Å²) >= 11 is 0. The van der Waals surface area contributed by atoms with Gasteiger partial charge in [0, 0.05) is 23.8 Å². The van der Waals surface area contributed by atoms with Crippen molar-refractivity contribution >= 4 is 11.7 Å². The maximum atomic E-state index is 12.9. The molecule has 132 valence electrons. The van der Waals surface area contributed by atoms with Gasteiger partial charge in [0.1, 0.15) is 5.82 Å². The Morgan fingerprint density at radius 3 is 2.62 bits per heavy atom. The van der Waals surface area contributed by atoms with Crippen LogP contribution in [0.5, 0.6) is 0 Å². The van der Waals surface area contributed by atoms with E-state index >= 15 is 0 Å². The fourth-order valence-corrected chi connectivity index (χ4v) is 3.06. The lowest BCUT2D eigenvalue weighted by atomic mass is 10.0.